The lowest BCUT2D eigenvalue weighted by atomic mass is 10.2. The highest BCUT2D eigenvalue weighted by atomic mass is 79.9. The standard InChI is InChI=1S/C14H11BrN6OS2/c1-20-10-6-17-21(2)13(22)12(10)24-14(19-20)23-7-8-3-4-11(15)18-9(8)5-16/h3-4,6H,7H2,1-2H3. The molecule has 0 saturated carbocycles. The Bertz CT molecular complexity index is 936. The van der Waals surface area contributed by atoms with Crippen LogP contribution in [0.25, 0.3) is 0 Å². The highest BCUT2D eigenvalue weighted by Crippen LogP contribution is 2.36. The second-order valence-electron chi connectivity index (χ2n) is 4.82. The van der Waals surface area contributed by atoms with Crippen molar-refractivity contribution in [3.63, 3.8) is 0 Å². The van der Waals surface area contributed by atoms with Gasteiger partial charge in [-0.15, -0.1) is 0 Å². The second-order valence-corrected chi connectivity index (χ2v) is 7.86. The van der Waals surface area contributed by atoms with Gasteiger partial charge in [0, 0.05) is 19.8 Å². The zero-order valence-corrected chi connectivity index (χ0v) is 15.9. The Kier molecular flexibility index (Phi) is 4.93. The van der Waals surface area contributed by atoms with Crippen LogP contribution in [0.1, 0.15) is 11.3 Å². The lowest BCUT2D eigenvalue weighted by Gasteiger charge is -2.22. The van der Waals surface area contributed by atoms with Gasteiger partial charge in [-0.25, -0.2) is 9.67 Å². The molecule has 0 saturated heterocycles. The highest BCUT2D eigenvalue weighted by Gasteiger charge is 2.22. The van der Waals surface area contributed by atoms with E-state index in [4.69, 9.17) is 0 Å². The van der Waals surface area contributed by atoms with Gasteiger partial charge in [-0.1, -0.05) is 29.6 Å². The summed E-state index contributed by atoms with van der Waals surface area (Å²) in [6.45, 7) is 0. The third-order valence-corrected chi connectivity index (χ3v) is 5.92. The number of hydrogen-bond donors (Lipinski definition) is 0. The first-order chi connectivity index (χ1) is 11.5. The van der Waals surface area contributed by atoms with Gasteiger partial charge >= 0.3 is 0 Å². The van der Waals surface area contributed by atoms with Crippen LogP contribution in [-0.2, 0) is 12.8 Å². The first-order valence-electron chi connectivity index (χ1n) is 6.74. The maximum Gasteiger partial charge on any atom is 0.282 e. The number of thioether (sulfide) groups is 2. The Morgan fingerprint density at radius 1 is 1.42 bits per heavy atom. The van der Waals surface area contributed by atoms with Crippen molar-refractivity contribution in [1.29, 1.82) is 5.26 Å². The number of hydrogen-bond acceptors (Lipinski definition) is 8. The average Bonchev–Trinajstić information content (AvgIpc) is 2.57. The molecule has 0 radical (unpaired) electrons. The molecule has 0 N–H and O–H groups in total. The van der Waals surface area contributed by atoms with Gasteiger partial charge in [0.1, 0.15) is 21.3 Å². The van der Waals surface area contributed by atoms with E-state index in [1.54, 1.807) is 31.4 Å². The van der Waals surface area contributed by atoms with Crippen molar-refractivity contribution in [2.24, 2.45) is 12.1 Å². The molecule has 2 aromatic heterocycles. The molecule has 24 heavy (non-hydrogen) atoms. The molecule has 122 valence electrons. The van der Waals surface area contributed by atoms with Gasteiger partial charge in [0.15, 0.2) is 4.38 Å². The number of nitrogens with zero attached hydrogens (tertiary/aromatic N) is 6. The Balaban J connectivity index is 1.82. The summed E-state index contributed by atoms with van der Waals surface area (Å²) in [5.74, 6) is 0.545. The molecule has 0 spiro atoms. The lowest BCUT2D eigenvalue weighted by Crippen LogP contribution is -2.27. The minimum atomic E-state index is -0.152. The van der Waals surface area contributed by atoms with Crippen molar-refractivity contribution < 1.29 is 0 Å². The molecule has 2 aromatic rings. The Hall–Kier alpha value is -1.83. The number of halogens is 1. The SMILES string of the molecule is CN1N=C(SCc2ccc(Br)nc2C#N)Sc2c1cnn(C)c2=O. The topological polar surface area (TPSA) is 87.2 Å². The van der Waals surface area contributed by atoms with Crippen LogP contribution in [0.5, 0.6) is 0 Å². The van der Waals surface area contributed by atoms with Crippen molar-refractivity contribution in [3.05, 3.63) is 44.5 Å². The summed E-state index contributed by atoms with van der Waals surface area (Å²) in [5, 5.41) is 19.3. The molecule has 3 heterocycles. The molecular formula is C14H11BrN6OS2. The van der Waals surface area contributed by atoms with Crippen LogP contribution in [0.2, 0.25) is 0 Å². The Morgan fingerprint density at radius 2 is 2.21 bits per heavy atom. The predicted molar refractivity (Wildman–Crippen MR) is 99.1 cm³/mol. The molecule has 0 fully saturated rings. The molecule has 0 aliphatic carbocycles. The lowest BCUT2D eigenvalue weighted by molar-refractivity contribution is 0.684. The van der Waals surface area contributed by atoms with Crippen molar-refractivity contribution in [2.75, 3.05) is 12.1 Å². The molecule has 0 unspecified atom stereocenters. The van der Waals surface area contributed by atoms with Crippen LogP contribution < -0.4 is 10.6 Å². The van der Waals surface area contributed by atoms with Crippen molar-refractivity contribution >= 4 is 49.5 Å². The molecule has 1 aliphatic heterocycles. The van der Waals surface area contributed by atoms with Gasteiger partial charge in [0.25, 0.3) is 5.56 Å². The van der Waals surface area contributed by atoms with Gasteiger partial charge in [-0.3, -0.25) is 9.80 Å². The molecule has 1 aliphatic rings. The molecule has 7 nitrogen and oxygen atoms in total. The van der Waals surface area contributed by atoms with Crippen LogP contribution in [0.4, 0.5) is 5.69 Å². The maximum atomic E-state index is 12.2. The van der Waals surface area contributed by atoms with Crippen LogP contribution in [0, 0.1) is 11.3 Å². The summed E-state index contributed by atoms with van der Waals surface area (Å²) in [6, 6.07) is 5.75. The molecule has 0 atom stereocenters. The molecule has 10 heteroatoms. The fourth-order valence-electron chi connectivity index (χ4n) is 1.99. The summed E-state index contributed by atoms with van der Waals surface area (Å²) in [5.41, 5.74) is 1.74. The average molecular weight is 423 g/mol. The predicted octanol–water partition coefficient (Wildman–Crippen LogP) is 2.56. The molecule has 0 amide bonds. The number of aromatic nitrogens is 3. The number of aryl methyl sites for hydroxylation is 1. The molecule has 3 rings (SSSR count). The molecule has 0 bridgehead atoms. The van der Waals surface area contributed by atoms with E-state index in [0.717, 1.165) is 9.94 Å². The van der Waals surface area contributed by atoms with Crippen molar-refractivity contribution in [1.82, 2.24) is 14.8 Å². The fourth-order valence-corrected chi connectivity index (χ4v) is 4.51. The minimum Gasteiger partial charge on any atom is -0.266 e. The van der Waals surface area contributed by atoms with Gasteiger partial charge in [-0.2, -0.15) is 15.5 Å². The van der Waals surface area contributed by atoms with Gasteiger partial charge in [0.2, 0.25) is 0 Å². The Labute approximate surface area is 154 Å². The second kappa shape index (κ2) is 6.96. The number of hydrazone groups is 1. The molecular weight excluding hydrogens is 412 g/mol. The van der Waals surface area contributed by atoms with Gasteiger partial charge in [0.05, 0.1) is 11.9 Å². The number of fused-ring (bicyclic) bond motifs is 1. The van der Waals surface area contributed by atoms with Crippen LogP contribution in [0.3, 0.4) is 0 Å². The van der Waals surface area contributed by atoms with E-state index in [1.165, 1.54) is 28.2 Å². The van der Waals surface area contributed by atoms with E-state index >= 15 is 0 Å². The van der Waals surface area contributed by atoms with E-state index in [1.807, 2.05) is 6.07 Å². The fraction of sp³-hybridized carbons (Fsp3) is 0.214. The number of nitriles is 1. The van der Waals surface area contributed by atoms with E-state index < -0.39 is 0 Å². The molecule has 0 aromatic carbocycles. The summed E-state index contributed by atoms with van der Waals surface area (Å²) >= 11 is 6.05. The summed E-state index contributed by atoms with van der Waals surface area (Å²) in [6.07, 6.45) is 1.63. The third kappa shape index (κ3) is 3.33. The van der Waals surface area contributed by atoms with Crippen molar-refractivity contribution in [3.8, 4) is 6.07 Å². The summed E-state index contributed by atoms with van der Waals surface area (Å²) < 4.78 is 2.67. The Morgan fingerprint density at radius 3 is 2.96 bits per heavy atom. The largest absolute Gasteiger partial charge is 0.282 e. The minimum absolute atomic E-state index is 0.152. The van der Waals surface area contributed by atoms with Crippen LogP contribution in [0.15, 0.2) is 37.7 Å². The number of rotatable bonds is 2. The van der Waals surface area contributed by atoms with E-state index in [0.29, 0.717) is 26.6 Å². The van der Waals surface area contributed by atoms with E-state index in [-0.39, 0.29) is 5.56 Å². The number of anilines is 1. The van der Waals surface area contributed by atoms with E-state index in [2.05, 4.69) is 37.2 Å². The van der Waals surface area contributed by atoms with Crippen LogP contribution >= 0.6 is 39.5 Å². The maximum absolute atomic E-state index is 12.2. The monoisotopic (exact) mass is 422 g/mol. The van der Waals surface area contributed by atoms with Crippen LogP contribution in [-0.4, -0.2) is 26.2 Å². The summed E-state index contributed by atoms with van der Waals surface area (Å²) in [4.78, 5) is 17.0. The summed E-state index contributed by atoms with van der Waals surface area (Å²) in [7, 11) is 3.40. The highest BCUT2D eigenvalue weighted by molar-refractivity contribution is 9.10. The van der Waals surface area contributed by atoms with Gasteiger partial charge in [-0.05, 0) is 27.6 Å². The first kappa shape index (κ1) is 17.0. The quantitative estimate of drug-likeness (QED) is 0.686. The third-order valence-electron chi connectivity index (χ3n) is 3.25. The van der Waals surface area contributed by atoms with Gasteiger partial charge < -0.3 is 0 Å². The zero-order chi connectivity index (χ0) is 17.3. The van der Waals surface area contributed by atoms with Crippen molar-refractivity contribution in [2.45, 2.75) is 10.6 Å². The smallest absolute Gasteiger partial charge is 0.266 e. The normalized spacial score (nSPS) is 13.2. The van der Waals surface area contributed by atoms with E-state index in [9.17, 15) is 10.1 Å². The first-order valence-corrected chi connectivity index (χ1v) is 9.34. The number of pyridine rings is 1. The zero-order valence-electron chi connectivity index (χ0n) is 12.7.